The lowest BCUT2D eigenvalue weighted by atomic mass is 10.1. The Morgan fingerprint density at radius 2 is 1.64 bits per heavy atom. The molecule has 1 heterocycles. The third-order valence-electron chi connectivity index (χ3n) is 6.17. The number of hydrogen-bond acceptors (Lipinski definition) is 8. The van der Waals surface area contributed by atoms with Crippen molar-refractivity contribution in [2.45, 2.75) is 18.1 Å². The van der Waals surface area contributed by atoms with Crippen LogP contribution in [0.25, 0.3) is 0 Å². The van der Waals surface area contributed by atoms with Crippen LogP contribution in [0, 0.1) is 0 Å². The smallest absolute Gasteiger partial charge is 0.238 e. The number of amides is 2. The van der Waals surface area contributed by atoms with Gasteiger partial charge in [0.15, 0.2) is 16.7 Å². The number of nitrogens with zero attached hydrogens (tertiary/aromatic N) is 2. The normalized spacial score (nSPS) is 16.1. The summed E-state index contributed by atoms with van der Waals surface area (Å²) in [4.78, 5) is 33.0. The summed E-state index contributed by atoms with van der Waals surface area (Å²) < 4.78 is 21.3. The van der Waals surface area contributed by atoms with Crippen molar-refractivity contribution in [1.82, 2.24) is 4.90 Å². The number of nitrogens with one attached hydrogen (secondary N) is 1. The third-order valence-corrected chi connectivity index (χ3v) is 7.35. The molecule has 1 saturated heterocycles. The number of anilines is 1. The van der Waals surface area contributed by atoms with E-state index in [1.165, 1.54) is 11.8 Å². The molecule has 1 aliphatic rings. The Bertz CT molecular complexity index is 1350. The second-order valence-electron chi connectivity index (χ2n) is 8.58. The Morgan fingerprint density at radius 1 is 0.923 bits per heavy atom. The van der Waals surface area contributed by atoms with E-state index < -0.39 is 5.25 Å². The van der Waals surface area contributed by atoms with E-state index in [0.717, 1.165) is 5.56 Å². The van der Waals surface area contributed by atoms with Gasteiger partial charge in [-0.3, -0.25) is 14.5 Å². The fourth-order valence-electron chi connectivity index (χ4n) is 4.07. The van der Waals surface area contributed by atoms with E-state index in [4.69, 9.17) is 23.9 Å². The molecule has 0 aliphatic carbocycles. The zero-order chi connectivity index (χ0) is 27.8. The Labute approximate surface area is 232 Å². The quantitative estimate of drug-likeness (QED) is 0.383. The first kappa shape index (κ1) is 27.8. The van der Waals surface area contributed by atoms with Gasteiger partial charge in [0.1, 0.15) is 16.7 Å². The van der Waals surface area contributed by atoms with Gasteiger partial charge in [-0.2, -0.15) is 0 Å². The van der Waals surface area contributed by atoms with Crippen molar-refractivity contribution in [3.8, 4) is 23.0 Å². The Kier molecular flexibility index (Phi) is 9.32. The van der Waals surface area contributed by atoms with Gasteiger partial charge in [0, 0.05) is 13.0 Å². The highest BCUT2D eigenvalue weighted by Crippen LogP contribution is 2.33. The number of para-hydroxylation sites is 2. The molecule has 1 N–H and O–H groups in total. The van der Waals surface area contributed by atoms with Gasteiger partial charge in [0.2, 0.25) is 11.8 Å². The SMILES string of the molecule is COc1ccc(N=C2SC(C(=O)Nc3ccccc3OC)CC(=O)N2CCc2ccc(OC)c(OC)c2)cc1. The molecular formula is C29H31N3O6S. The van der Waals surface area contributed by atoms with Gasteiger partial charge >= 0.3 is 0 Å². The summed E-state index contributed by atoms with van der Waals surface area (Å²) in [5, 5.41) is 2.69. The monoisotopic (exact) mass is 549 g/mol. The number of aliphatic imine (C=N–C) groups is 1. The van der Waals surface area contributed by atoms with Crippen molar-refractivity contribution in [3.63, 3.8) is 0 Å². The summed E-state index contributed by atoms with van der Waals surface area (Å²) in [7, 11) is 6.31. The van der Waals surface area contributed by atoms with E-state index >= 15 is 0 Å². The molecule has 10 heteroatoms. The molecule has 9 nitrogen and oxygen atoms in total. The van der Waals surface area contributed by atoms with Gasteiger partial charge in [0.05, 0.1) is 39.8 Å². The molecule has 0 saturated carbocycles. The average Bonchev–Trinajstić information content (AvgIpc) is 2.97. The summed E-state index contributed by atoms with van der Waals surface area (Å²) in [5.41, 5.74) is 2.17. The largest absolute Gasteiger partial charge is 0.497 e. The molecule has 3 aromatic rings. The van der Waals surface area contributed by atoms with Crippen LogP contribution in [0.1, 0.15) is 12.0 Å². The van der Waals surface area contributed by atoms with Crippen LogP contribution in [0.5, 0.6) is 23.0 Å². The Balaban J connectivity index is 1.57. The van der Waals surface area contributed by atoms with Crippen molar-refractivity contribution in [3.05, 3.63) is 72.3 Å². The summed E-state index contributed by atoms with van der Waals surface area (Å²) in [6.45, 7) is 0.386. The Morgan fingerprint density at radius 3 is 2.33 bits per heavy atom. The molecule has 0 bridgehead atoms. The van der Waals surface area contributed by atoms with Gasteiger partial charge in [-0.1, -0.05) is 30.0 Å². The van der Waals surface area contributed by atoms with Crippen molar-refractivity contribution in [1.29, 1.82) is 0 Å². The molecule has 4 rings (SSSR count). The molecule has 1 fully saturated rings. The highest BCUT2D eigenvalue weighted by molar-refractivity contribution is 8.15. The second kappa shape index (κ2) is 13.1. The lowest BCUT2D eigenvalue weighted by Gasteiger charge is -2.32. The van der Waals surface area contributed by atoms with Gasteiger partial charge in [-0.15, -0.1) is 0 Å². The number of hydrogen-bond donors (Lipinski definition) is 1. The predicted molar refractivity (Wildman–Crippen MR) is 153 cm³/mol. The number of amidine groups is 1. The number of benzene rings is 3. The van der Waals surface area contributed by atoms with Crippen LogP contribution in [0.15, 0.2) is 71.7 Å². The number of carbonyl (C=O) groups excluding carboxylic acids is 2. The average molecular weight is 550 g/mol. The maximum atomic E-state index is 13.4. The number of carbonyl (C=O) groups is 2. The first-order chi connectivity index (χ1) is 18.9. The standard InChI is InChI=1S/C29H31N3O6S/c1-35-21-12-10-20(11-13-21)30-29-32(16-15-19-9-14-24(37-3)25(17-19)38-4)27(33)18-26(39-29)28(34)31-22-7-5-6-8-23(22)36-2/h5-14,17,26H,15-16,18H2,1-4H3,(H,31,34). The van der Waals surface area contributed by atoms with E-state index in [9.17, 15) is 9.59 Å². The van der Waals surface area contributed by atoms with E-state index in [1.807, 2.05) is 42.5 Å². The van der Waals surface area contributed by atoms with Crippen LogP contribution in [-0.4, -0.2) is 62.1 Å². The fourth-order valence-corrected chi connectivity index (χ4v) is 5.19. The first-order valence-corrected chi connectivity index (χ1v) is 13.2. The lowest BCUT2D eigenvalue weighted by Crippen LogP contribution is -2.46. The molecule has 204 valence electrons. The highest BCUT2D eigenvalue weighted by atomic mass is 32.2. The number of rotatable bonds is 10. The molecule has 2 amide bonds. The molecular weight excluding hydrogens is 518 g/mol. The minimum absolute atomic E-state index is 0.0409. The zero-order valence-electron chi connectivity index (χ0n) is 22.3. The molecule has 3 aromatic carbocycles. The number of thioether (sulfide) groups is 1. The fraction of sp³-hybridized carbons (Fsp3) is 0.276. The van der Waals surface area contributed by atoms with Crippen LogP contribution in [0.2, 0.25) is 0 Å². The molecule has 39 heavy (non-hydrogen) atoms. The van der Waals surface area contributed by atoms with E-state index in [0.29, 0.717) is 52.5 Å². The predicted octanol–water partition coefficient (Wildman–Crippen LogP) is 4.92. The van der Waals surface area contributed by atoms with Gasteiger partial charge in [-0.25, -0.2) is 4.99 Å². The van der Waals surface area contributed by atoms with Crippen LogP contribution in [0.4, 0.5) is 11.4 Å². The Hall–Kier alpha value is -4.18. The topological polar surface area (TPSA) is 98.7 Å². The summed E-state index contributed by atoms with van der Waals surface area (Å²) in [5.74, 6) is 2.03. The van der Waals surface area contributed by atoms with E-state index in [1.54, 1.807) is 57.6 Å². The molecule has 0 radical (unpaired) electrons. The van der Waals surface area contributed by atoms with Crippen molar-refractivity contribution < 1.29 is 28.5 Å². The van der Waals surface area contributed by atoms with Gasteiger partial charge < -0.3 is 24.3 Å². The minimum Gasteiger partial charge on any atom is -0.497 e. The molecule has 0 aromatic heterocycles. The summed E-state index contributed by atoms with van der Waals surface area (Å²) in [6.07, 6.45) is 0.603. The molecule has 1 atom stereocenters. The highest BCUT2D eigenvalue weighted by Gasteiger charge is 2.36. The van der Waals surface area contributed by atoms with Crippen molar-refractivity contribution >= 4 is 40.1 Å². The maximum absolute atomic E-state index is 13.4. The zero-order valence-corrected chi connectivity index (χ0v) is 23.1. The third kappa shape index (κ3) is 6.83. The molecule has 1 unspecified atom stereocenters. The van der Waals surface area contributed by atoms with E-state index in [-0.39, 0.29) is 18.2 Å². The van der Waals surface area contributed by atoms with Crippen LogP contribution in [0.3, 0.4) is 0 Å². The van der Waals surface area contributed by atoms with Crippen LogP contribution >= 0.6 is 11.8 Å². The van der Waals surface area contributed by atoms with Crippen LogP contribution < -0.4 is 24.3 Å². The first-order valence-electron chi connectivity index (χ1n) is 12.3. The van der Waals surface area contributed by atoms with Crippen molar-refractivity contribution in [2.75, 3.05) is 40.3 Å². The van der Waals surface area contributed by atoms with Gasteiger partial charge in [-0.05, 0) is 60.5 Å². The second-order valence-corrected chi connectivity index (χ2v) is 9.75. The number of methoxy groups -OCH3 is 4. The summed E-state index contributed by atoms with van der Waals surface area (Å²) in [6, 6.07) is 20.0. The van der Waals surface area contributed by atoms with Crippen LogP contribution in [-0.2, 0) is 16.0 Å². The minimum atomic E-state index is -0.656. The molecule has 1 aliphatic heterocycles. The summed E-state index contributed by atoms with van der Waals surface area (Å²) >= 11 is 1.26. The van der Waals surface area contributed by atoms with Crippen molar-refractivity contribution in [2.24, 2.45) is 4.99 Å². The number of ether oxygens (including phenoxy) is 4. The molecule has 0 spiro atoms. The lowest BCUT2D eigenvalue weighted by molar-refractivity contribution is -0.129. The van der Waals surface area contributed by atoms with Gasteiger partial charge in [0.25, 0.3) is 0 Å². The maximum Gasteiger partial charge on any atom is 0.238 e. The van der Waals surface area contributed by atoms with E-state index in [2.05, 4.69) is 5.32 Å².